The number of hydrogen-bond donors (Lipinski definition) is 1. The van der Waals surface area contributed by atoms with E-state index < -0.39 is 6.10 Å². The van der Waals surface area contributed by atoms with Gasteiger partial charge in [-0.3, -0.25) is 9.59 Å². The van der Waals surface area contributed by atoms with E-state index in [1.54, 1.807) is 0 Å². The molecule has 1 atom stereocenters. The van der Waals surface area contributed by atoms with Crippen LogP contribution in [-0.4, -0.2) is 36.4 Å². The van der Waals surface area contributed by atoms with Gasteiger partial charge < -0.3 is 14.6 Å². The van der Waals surface area contributed by atoms with Crippen LogP contribution in [0.5, 0.6) is 0 Å². The third-order valence-corrected chi connectivity index (χ3v) is 16.1. The van der Waals surface area contributed by atoms with E-state index in [1.165, 1.54) is 238 Å². The number of aliphatic hydroxyl groups excluding tert-OH is 1. The topological polar surface area (TPSA) is 72.8 Å². The molecule has 0 spiro atoms. The van der Waals surface area contributed by atoms with Gasteiger partial charge in [0.05, 0.1) is 6.61 Å². The largest absolute Gasteiger partial charge is 0.462 e. The molecular formula is C79H138O5. The van der Waals surface area contributed by atoms with Crippen LogP contribution in [0.1, 0.15) is 361 Å². The highest BCUT2D eigenvalue weighted by molar-refractivity contribution is 5.70. The molecule has 84 heavy (non-hydrogen) atoms. The van der Waals surface area contributed by atoms with Crippen molar-refractivity contribution in [3.8, 4) is 0 Å². The lowest BCUT2D eigenvalue weighted by atomic mass is 10.0. The van der Waals surface area contributed by atoms with E-state index in [-0.39, 0.29) is 25.2 Å². The lowest BCUT2D eigenvalue weighted by Crippen LogP contribution is -2.28. The van der Waals surface area contributed by atoms with E-state index in [2.05, 4.69) is 123 Å². The van der Waals surface area contributed by atoms with E-state index in [4.69, 9.17) is 9.47 Å². The van der Waals surface area contributed by atoms with Gasteiger partial charge in [0, 0.05) is 12.8 Å². The summed E-state index contributed by atoms with van der Waals surface area (Å²) < 4.78 is 10.8. The number of carbonyl (C=O) groups excluding carboxylic acids is 2. The molecule has 0 saturated carbocycles. The molecule has 0 aliphatic heterocycles. The molecule has 0 rings (SSSR count). The third-order valence-electron chi connectivity index (χ3n) is 16.1. The molecule has 0 aromatic heterocycles. The number of ether oxygens (including phenoxy) is 2. The molecule has 1 unspecified atom stereocenters. The predicted molar refractivity (Wildman–Crippen MR) is 371 cm³/mol. The van der Waals surface area contributed by atoms with Crippen molar-refractivity contribution in [3.63, 3.8) is 0 Å². The van der Waals surface area contributed by atoms with Crippen LogP contribution < -0.4 is 0 Å². The summed E-state index contributed by atoms with van der Waals surface area (Å²) in [5.74, 6) is -0.587. The molecule has 0 amide bonds. The van der Waals surface area contributed by atoms with E-state index in [1.807, 2.05) is 0 Å². The second-order valence-electron chi connectivity index (χ2n) is 24.3. The molecule has 0 aliphatic rings. The summed E-state index contributed by atoms with van der Waals surface area (Å²) in [6.45, 7) is 4.04. The maximum absolute atomic E-state index is 12.4. The first-order valence-electron chi connectivity index (χ1n) is 36.4. The van der Waals surface area contributed by atoms with Crippen LogP contribution in [-0.2, 0) is 19.1 Å². The van der Waals surface area contributed by atoms with E-state index in [9.17, 15) is 14.7 Å². The van der Waals surface area contributed by atoms with Crippen molar-refractivity contribution in [3.05, 3.63) is 109 Å². The fourth-order valence-electron chi connectivity index (χ4n) is 10.6. The predicted octanol–water partition coefficient (Wildman–Crippen LogP) is 25.5. The van der Waals surface area contributed by atoms with Crippen LogP contribution in [0.3, 0.4) is 0 Å². The Hall–Kier alpha value is -3.44. The molecule has 1 N–H and O–H groups in total. The van der Waals surface area contributed by atoms with Crippen molar-refractivity contribution in [2.24, 2.45) is 0 Å². The van der Waals surface area contributed by atoms with E-state index >= 15 is 0 Å². The van der Waals surface area contributed by atoms with Crippen molar-refractivity contribution in [1.82, 2.24) is 0 Å². The third kappa shape index (κ3) is 71.0. The molecule has 0 aliphatic carbocycles. The number of allylic oxidation sites excluding steroid dienone is 18. The zero-order valence-electron chi connectivity index (χ0n) is 55.6. The fraction of sp³-hybridized carbons (Fsp3) is 0.747. The smallest absolute Gasteiger partial charge is 0.306 e. The fourth-order valence-corrected chi connectivity index (χ4v) is 10.6. The van der Waals surface area contributed by atoms with Gasteiger partial charge in [-0.15, -0.1) is 0 Å². The number of unbranched alkanes of at least 4 members (excludes halogenated alkanes) is 41. The summed E-state index contributed by atoms with van der Waals surface area (Å²) in [5.41, 5.74) is 0. The Morgan fingerprint density at radius 1 is 0.286 bits per heavy atom. The minimum absolute atomic E-state index is 0.0697. The number of aliphatic hydroxyl groups is 1. The van der Waals surface area contributed by atoms with Crippen molar-refractivity contribution < 1.29 is 24.2 Å². The zero-order valence-corrected chi connectivity index (χ0v) is 55.6. The zero-order chi connectivity index (χ0) is 60.5. The molecule has 0 radical (unpaired) electrons. The minimum atomic E-state index is -0.782. The van der Waals surface area contributed by atoms with Crippen molar-refractivity contribution in [1.29, 1.82) is 0 Å². The molecular weight excluding hydrogens is 1030 g/mol. The normalized spacial score (nSPS) is 12.8. The molecule has 0 heterocycles. The SMILES string of the molecule is CC/C=C\C/C=C\C/C=C\C/C=C\C/C=C\C/C=C\C/C=C\CCCCCCCCCCCC(=O)OC(CO)COC(=O)CCCCCCCCCCCCCCCCCCCCCCCCCCCCC/C=C\C/C=C\CCCCCCC. The number of rotatable bonds is 67. The quantitative estimate of drug-likeness (QED) is 0.0373. The molecule has 5 nitrogen and oxygen atoms in total. The molecule has 0 aromatic carbocycles. The van der Waals surface area contributed by atoms with Crippen LogP contribution in [0.15, 0.2) is 109 Å². The van der Waals surface area contributed by atoms with Crippen molar-refractivity contribution in [2.75, 3.05) is 13.2 Å². The lowest BCUT2D eigenvalue weighted by Gasteiger charge is -2.15. The van der Waals surface area contributed by atoms with Gasteiger partial charge in [-0.1, -0.05) is 354 Å². The summed E-state index contributed by atoms with van der Waals surface area (Å²) in [4.78, 5) is 24.7. The second kappa shape index (κ2) is 73.8. The van der Waals surface area contributed by atoms with Crippen LogP contribution in [0.2, 0.25) is 0 Å². The Morgan fingerprint density at radius 3 is 0.774 bits per heavy atom. The molecule has 5 heteroatoms. The van der Waals surface area contributed by atoms with Crippen LogP contribution in [0, 0.1) is 0 Å². The minimum Gasteiger partial charge on any atom is -0.462 e. The van der Waals surface area contributed by atoms with Gasteiger partial charge in [0.15, 0.2) is 6.10 Å². The highest BCUT2D eigenvalue weighted by Gasteiger charge is 2.16. The maximum atomic E-state index is 12.4. The van der Waals surface area contributed by atoms with Gasteiger partial charge in [-0.25, -0.2) is 0 Å². The van der Waals surface area contributed by atoms with Crippen molar-refractivity contribution in [2.45, 2.75) is 367 Å². The van der Waals surface area contributed by atoms with Gasteiger partial charge in [0.2, 0.25) is 0 Å². The van der Waals surface area contributed by atoms with Gasteiger partial charge >= 0.3 is 11.9 Å². The van der Waals surface area contributed by atoms with Crippen LogP contribution >= 0.6 is 0 Å². The Labute approximate surface area is 522 Å². The summed E-state index contributed by atoms with van der Waals surface area (Å²) in [7, 11) is 0. The van der Waals surface area contributed by atoms with Crippen LogP contribution in [0.25, 0.3) is 0 Å². The Balaban J connectivity index is 3.44. The van der Waals surface area contributed by atoms with Gasteiger partial charge in [0.1, 0.15) is 6.61 Å². The molecule has 0 aromatic rings. The Morgan fingerprint density at radius 2 is 0.512 bits per heavy atom. The maximum Gasteiger partial charge on any atom is 0.306 e. The average Bonchev–Trinajstić information content (AvgIpc) is 3.51. The highest BCUT2D eigenvalue weighted by Crippen LogP contribution is 2.18. The average molecular weight is 1170 g/mol. The standard InChI is InChI=1S/C79H138O5/c1-3-5-7-9-11-13-15-17-19-21-23-25-27-29-31-33-35-36-37-38-39-40-41-42-44-45-47-49-51-53-55-57-59-61-63-65-67-69-71-73-78(81)83-76-77(75-80)84-79(82)74-72-70-68-66-64-62-60-58-56-54-52-50-48-46-43-34-32-30-28-26-24-22-20-18-16-14-12-10-8-6-4-2/h6,8,12,14-15,17-18,20-21,23-24,26,30,32,43,46,50,52,77,80H,3-5,7,9-11,13,16,19,22,25,27-29,31,33-42,44-45,47-49,51,53-76H2,1-2H3/b8-6-,14-12-,17-15-,20-18-,23-21-,26-24-,32-30-,46-43-,52-50-. The van der Waals surface area contributed by atoms with Crippen LogP contribution in [0.4, 0.5) is 0 Å². The number of esters is 2. The summed E-state index contributed by atoms with van der Waals surface area (Å²) >= 11 is 0. The van der Waals surface area contributed by atoms with E-state index in [0.29, 0.717) is 12.8 Å². The van der Waals surface area contributed by atoms with Crippen molar-refractivity contribution >= 4 is 11.9 Å². The number of carbonyl (C=O) groups is 2. The molecule has 0 fully saturated rings. The monoisotopic (exact) mass is 1170 g/mol. The van der Waals surface area contributed by atoms with Gasteiger partial charge in [-0.05, 0) is 103 Å². The summed E-state index contributed by atoms with van der Waals surface area (Å²) in [6, 6.07) is 0. The van der Waals surface area contributed by atoms with Gasteiger partial charge in [0.25, 0.3) is 0 Å². The number of hydrogen-bond acceptors (Lipinski definition) is 5. The first-order valence-corrected chi connectivity index (χ1v) is 36.4. The molecule has 484 valence electrons. The first-order chi connectivity index (χ1) is 41.6. The van der Waals surface area contributed by atoms with Gasteiger partial charge in [-0.2, -0.15) is 0 Å². The second-order valence-corrected chi connectivity index (χ2v) is 24.3. The lowest BCUT2D eigenvalue weighted by molar-refractivity contribution is -0.161. The summed E-state index contributed by atoms with van der Waals surface area (Å²) in [5, 5.41) is 9.71. The first kappa shape index (κ1) is 80.6. The molecule has 0 bridgehead atoms. The van der Waals surface area contributed by atoms with E-state index in [0.717, 1.165) is 96.3 Å². The molecule has 0 saturated heterocycles. The summed E-state index contributed by atoms with van der Waals surface area (Å²) in [6.07, 6.45) is 107. The Kier molecular flexibility index (Phi) is 70.8. The highest BCUT2D eigenvalue weighted by atomic mass is 16.6. The Bertz CT molecular complexity index is 1610.